The highest BCUT2D eigenvalue weighted by Gasteiger charge is 2.25. The summed E-state index contributed by atoms with van der Waals surface area (Å²) in [5.74, 6) is 0.00408. The molecule has 38 heavy (non-hydrogen) atoms. The van der Waals surface area contributed by atoms with Crippen molar-refractivity contribution < 1.29 is 14.3 Å². The van der Waals surface area contributed by atoms with E-state index in [0.29, 0.717) is 19.1 Å². The molecule has 1 aliphatic rings. The van der Waals surface area contributed by atoms with E-state index >= 15 is 0 Å². The highest BCUT2D eigenvalue weighted by atomic mass is 16.5. The van der Waals surface area contributed by atoms with Crippen molar-refractivity contribution in [3.63, 3.8) is 0 Å². The molecule has 1 aromatic heterocycles. The van der Waals surface area contributed by atoms with Gasteiger partial charge in [0.2, 0.25) is 17.8 Å². The second kappa shape index (κ2) is 11.9. The van der Waals surface area contributed by atoms with Gasteiger partial charge in [-0.15, -0.1) is 0 Å². The lowest BCUT2D eigenvalue weighted by molar-refractivity contribution is -0.135. The van der Waals surface area contributed by atoms with Gasteiger partial charge in [-0.2, -0.15) is 0 Å². The van der Waals surface area contributed by atoms with Gasteiger partial charge in [0.1, 0.15) is 6.54 Å². The molecular weight excluding hydrogens is 476 g/mol. The summed E-state index contributed by atoms with van der Waals surface area (Å²) >= 11 is 0. The Kier molecular flexibility index (Phi) is 7.95. The number of nitrogens with one attached hydrogen (secondary N) is 1. The van der Waals surface area contributed by atoms with E-state index in [9.17, 15) is 9.59 Å². The maximum Gasteiger partial charge on any atom is 0.246 e. The minimum Gasteiger partial charge on any atom is -0.376 e. The lowest BCUT2D eigenvalue weighted by Gasteiger charge is -2.25. The number of aromatic nitrogens is 2. The van der Waals surface area contributed by atoms with Gasteiger partial charge in [0.25, 0.3) is 0 Å². The Balaban J connectivity index is 1.38. The number of ether oxygens (including phenoxy) is 1. The minimum atomic E-state index is -0.302. The van der Waals surface area contributed by atoms with Gasteiger partial charge in [-0.05, 0) is 43.0 Å². The predicted molar refractivity (Wildman–Crippen MR) is 148 cm³/mol. The van der Waals surface area contributed by atoms with Crippen molar-refractivity contribution in [2.24, 2.45) is 0 Å². The second-order valence-electron chi connectivity index (χ2n) is 9.64. The summed E-state index contributed by atoms with van der Waals surface area (Å²) in [6, 6.07) is 27.5. The molecule has 0 radical (unpaired) electrons. The molecular formula is C31H32N4O3. The van der Waals surface area contributed by atoms with Crippen molar-refractivity contribution in [1.82, 2.24) is 14.5 Å². The average molecular weight is 509 g/mol. The Bertz CT molecular complexity index is 1380. The zero-order chi connectivity index (χ0) is 26.3. The fourth-order valence-corrected chi connectivity index (χ4v) is 4.70. The van der Waals surface area contributed by atoms with Crippen LogP contribution in [0.15, 0.2) is 91.1 Å². The maximum absolute atomic E-state index is 13.4. The highest BCUT2D eigenvalue weighted by molar-refractivity contribution is 5.94. The zero-order valence-electron chi connectivity index (χ0n) is 21.5. The van der Waals surface area contributed by atoms with Crippen LogP contribution in [0.4, 0.5) is 5.95 Å². The van der Waals surface area contributed by atoms with E-state index in [1.54, 1.807) is 4.90 Å². The van der Waals surface area contributed by atoms with E-state index < -0.39 is 0 Å². The summed E-state index contributed by atoms with van der Waals surface area (Å²) in [7, 11) is 0. The van der Waals surface area contributed by atoms with Gasteiger partial charge in [-0.25, -0.2) is 4.98 Å². The summed E-state index contributed by atoms with van der Waals surface area (Å²) in [5, 5.41) is 2.97. The van der Waals surface area contributed by atoms with Crippen molar-refractivity contribution in [1.29, 1.82) is 0 Å². The lowest BCUT2D eigenvalue weighted by atomic mass is 10.1. The molecule has 0 saturated carbocycles. The van der Waals surface area contributed by atoms with Gasteiger partial charge in [-0.1, -0.05) is 72.8 Å². The first-order chi connectivity index (χ1) is 18.5. The number of amides is 2. The first-order valence-corrected chi connectivity index (χ1v) is 13.0. The van der Waals surface area contributed by atoms with Gasteiger partial charge < -0.3 is 9.64 Å². The minimum absolute atomic E-state index is 0.0542. The highest BCUT2D eigenvalue weighted by Crippen LogP contribution is 2.25. The lowest BCUT2D eigenvalue weighted by Crippen LogP contribution is -2.43. The van der Waals surface area contributed by atoms with Crippen molar-refractivity contribution in [3.8, 4) is 16.9 Å². The monoisotopic (exact) mass is 508 g/mol. The average Bonchev–Trinajstić information content (AvgIpc) is 3.60. The molecule has 4 aromatic rings. The number of carbonyl (C=O) groups is 2. The number of hydrogen-bond donors (Lipinski definition) is 1. The van der Waals surface area contributed by atoms with Crippen molar-refractivity contribution in [2.75, 3.05) is 25.0 Å². The Labute approximate surface area is 223 Å². The SMILES string of the molecule is Cc1cccc(-n2cc(-c3ccccc3)nc2NC(=O)CN(CC2CCCO2)C(=O)Cc2ccccc2)c1. The second-order valence-corrected chi connectivity index (χ2v) is 9.64. The number of anilines is 1. The van der Waals surface area contributed by atoms with E-state index in [-0.39, 0.29) is 30.9 Å². The van der Waals surface area contributed by atoms with Crippen LogP contribution in [0.25, 0.3) is 16.9 Å². The molecule has 1 N–H and O–H groups in total. The number of hydrogen-bond acceptors (Lipinski definition) is 4. The Hall–Kier alpha value is -4.23. The molecule has 2 amide bonds. The third-order valence-electron chi connectivity index (χ3n) is 6.64. The first kappa shape index (κ1) is 25.4. The Morgan fingerprint density at radius 3 is 2.50 bits per heavy atom. The summed E-state index contributed by atoms with van der Waals surface area (Å²) in [6.07, 6.45) is 3.95. The van der Waals surface area contributed by atoms with E-state index in [0.717, 1.165) is 40.9 Å². The van der Waals surface area contributed by atoms with E-state index in [4.69, 9.17) is 9.72 Å². The van der Waals surface area contributed by atoms with Gasteiger partial charge in [-0.3, -0.25) is 19.5 Å². The molecule has 7 heteroatoms. The number of nitrogens with zero attached hydrogens (tertiary/aromatic N) is 3. The van der Waals surface area contributed by atoms with Crippen LogP contribution in [0.1, 0.15) is 24.0 Å². The zero-order valence-corrected chi connectivity index (χ0v) is 21.5. The van der Waals surface area contributed by atoms with Crippen molar-refractivity contribution in [3.05, 3.63) is 102 Å². The van der Waals surface area contributed by atoms with Crippen LogP contribution in [-0.4, -0.2) is 52.1 Å². The fraction of sp³-hybridized carbons (Fsp3) is 0.258. The molecule has 1 atom stereocenters. The molecule has 194 valence electrons. The fourth-order valence-electron chi connectivity index (χ4n) is 4.70. The summed E-state index contributed by atoms with van der Waals surface area (Å²) in [4.78, 5) is 33.0. The summed E-state index contributed by atoms with van der Waals surface area (Å²) in [5.41, 5.74) is 4.61. The van der Waals surface area contributed by atoms with Gasteiger partial charge in [0.15, 0.2) is 0 Å². The van der Waals surface area contributed by atoms with Crippen LogP contribution in [0.3, 0.4) is 0 Å². The third-order valence-corrected chi connectivity index (χ3v) is 6.64. The quantitative estimate of drug-likeness (QED) is 0.344. The Morgan fingerprint density at radius 2 is 1.79 bits per heavy atom. The summed E-state index contributed by atoms with van der Waals surface area (Å²) < 4.78 is 7.66. The molecule has 7 nitrogen and oxygen atoms in total. The number of rotatable bonds is 9. The van der Waals surface area contributed by atoms with Crippen LogP contribution < -0.4 is 5.32 Å². The number of aryl methyl sites for hydroxylation is 1. The van der Waals surface area contributed by atoms with Crippen LogP contribution in [0, 0.1) is 6.92 Å². The van der Waals surface area contributed by atoms with E-state index in [1.165, 1.54) is 0 Å². The van der Waals surface area contributed by atoms with E-state index in [2.05, 4.69) is 5.32 Å². The largest absolute Gasteiger partial charge is 0.376 e. The number of carbonyl (C=O) groups excluding carboxylic acids is 2. The van der Waals surface area contributed by atoms with Crippen molar-refractivity contribution in [2.45, 2.75) is 32.3 Å². The Morgan fingerprint density at radius 1 is 1.03 bits per heavy atom. The van der Waals surface area contributed by atoms with Gasteiger partial charge in [0, 0.05) is 30.6 Å². The van der Waals surface area contributed by atoms with Crippen molar-refractivity contribution >= 4 is 17.8 Å². The topological polar surface area (TPSA) is 76.5 Å². The van der Waals surface area contributed by atoms with Gasteiger partial charge in [0.05, 0.1) is 18.2 Å². The molecule has 0 spiro atoms. The predicted octanol–water partition coefficient (Wildman–Crippen LogP) is 5.04. The first-order valence-electron chi connectivity index (χ1n) is 13.0. The van der Waals surface area contributed by atoms with E-state index in [1.807, 2.05) is 103 Å². The molecule has 2 heterocycles. The van der Waals surface area contributed by atoms with Crippen LogP contribution in [0.2, 0.25) is 0 Å². The molecule has 5 rings (SSSR count). The van der Waals surface area contributed by atoms with Crippen LogP contribution >= 0.6 is 0 Å². The molecule has 1 saturated heterocycles. The standard InChI is InChI=1S/C31H32N4O3/c1-23-10-8-15-26(18-23)35-21-28(25-13-6-3-7-14-25)32-31(35)33-29(36)22-34(20-27-16-9-17-38-27)30(37)19-24-11-4-2-5-12-24/h2-8,10-15,18,21,27H,9,16-17,19-20,22H2,1H3,(H,32,33,36). The third kappa shape index (κ3) is 6.36. The molecule has 0 aliphatic carbocycles. The van der Waals surface area contributed by atoms with Gasteiger partial charge >= 0.3 is 0 Å². The maximum atomic E-state index is 13.4. The van der Waals surface area contributed by atoms with Crippen LogP contribution in [0.5, 0.6) is 0 Å². The molecule has 1 aliphatic heterocycles. The van der Waals surface area contributed by atoms with Crippen LogP contribution in [-0.2, 0) is 20.7 Å². The molecule has 0 bridgehead atoms. The molecule has 1 unspecified atom stereocenters. The number of imidazole rings is 1. The molecule has 1 fully saturated rings. The summed E-state index contributed by atoms with van der Waals surface area (Å²) in [6.45, 7) is 3.03. The molecule has 3 aromatic carbocycles. The number of benzene rings is 3. The smallest absolute Gasteiger partial charge is 0.246 e. The normalized spacial score (nSPS) is 14.8.